The van der Waals surface area contributed by atoms with Crippen LogP contribution in [0.2, 0.25) is 0 Å². The lowest BCUT2D eigenvalue weighted by molar-refractivity contribution is -0.132. The number of amides is 1. The van der Waals surface area contributed by atoms with Gasteiger partial charge in [-0.3, -0.25) is 14.5 Å². The van der Waals surface area contributed by atoms with E-state index in [9.17, 15) is 19.1 Å². The lowest BCUT2D eigenvalue weighted by atomic mass is 9.94. The van der Waals surface area contributed by atoms with Crippen molar-refractivity contribution >= 4 is 23.1 Å². The zero-order valence-corrected chi connectivity index (χ0v) is 18.1. The second kappa shape index (κ2) is 9.16. The number of hydrogen-bond acceptors (Lipinski definition) is 5. The fourth-order valence-corrected chi connectivity index (χ4v) is 3.89. The number of benzene rings is 3. The van der Waals surface area contributed by atoms with Gasteiger partial charge in [-0.25, -0.2) is 4.39 Å². The second-order valence-corrected chi connectivity index (χ2v) is 7.35. The maximum absolute atomic E-state index is 14.9. The standard InChI is InChI=1S/C26H22FNO5/c1-3-33-19-8-6-7-16(15-19)24(29)22-23(20-9-4-5-10-21(20)27)28(26(31)25(22)30)17-11-13-18(32-2)14-12-17/h4-15,23,29H,3H2,1-2H3/b24-22-. The average Bonchev–Trinajstić information content (AvgIpc) is 3.09. The molecule has 4 rings (SSSR count). The van der Waals surface area contributed by atoms with Gasteiger partial charge in [-0.2, -0.15) is 0 Å². The van der Waals surface area contributed by atoms with Crippen molar-refractivity contribution in [3.8, 4) is 11.5 Å². The molecule has 0 bridgehead atoms. The van der Waals surface area contributed by atoms with Crippen LogP contribution in [0.1, 0.15) is 24.1 Å². The molecule has 1 unspecified atom stereocenters. The molecule has 1 aliphatic rings. The third kappa shape index (κ3) is 4.05. The van der Waals surface area contributed by atoms with E-state index in [1.807, 2.05) is 6.92 Å². The van der Waals surface area contributed by atoms with Crippen LogP contribution in [0.5, 0.6) is 11.5 Å². The first-order chi connectivity index (χ1) is 16.0. The highest BCUT2D eigenvalue weighted by Gasteiger charge is 2.47. The molecule has 1 N–H and O–H groups in total. The van der Waals surface area contributed by atoms with Crippen LogP contribution >= 0.6 is 0 Å². The summed E-state index contributed by atoms with van der Waals surface area (Å²) >= 11 is 0. The van der Waals surface area contributed by atoms with Gasteiger partial charge in [0.15, 0.2) is 0 Å². The predicted octanol–water partition coefficient (Wildman–Crippen LogP) is 4.86. The number of aliphatic hydroxyl groups is 1. The van der Waals surface area contributed by atoms with E-state index >= 15 is 0 Å². The first-order valence-corrected chi connectivity index (χ1v) is 10.4. The summed E-state index contributed by atoms with van der Waals surface area (Å²) in [6.45, 7) is 2.24. The zero-order chi connectivity index (χ0) is 23.5. The van der Waals surface area contributed by atoms with E-state index in [0.29, 0.717) is 23.8 Å². The SMILES string of the molecule is CCOc1cccc(/C(O)=C2/C(=O)C(=O)N(c3ccc(OC)cc3)C2c2ccccc2F)c1. The van der Waals surface area contributed by atoms with E-state index in [1.165, 1.54) is 30.2 Å². The number of halogens is 1. The molecule has 1 saturated heterocycles. The Labute approximate surface area is 190 Å². The summed E-state index contributed by atoms with van der Waals surface area (Å²) in [4.78, 5) is 27.5. The van der Waals surface area contributed by atoms with E-state index in [2.05, 4.69) is 0 Å². The fraction of sp³-hybridized carbons (Fsp3) is 0.154. The van der Waals surface area contributed by atoms with Gasteiger partial charge in [-0.05, 0) is 49.4 Å². The normalized spacial score (nSPS) is 17.3. The minimum absolute atomic E-state index is 0.0926. The largest absolute Gasteiger partial charge is 0.507 e. The molecule has 0 spiro atoms. The number of ketones is 1. The second-order valence-electron chi connectivity index (χ2n) is 7.35. The number of anilines is 1. The van der Waals surface area contributed by atoms with Gasteiger partial charge in [-0.15, -0.1) is 0 Å². The summed E-state index contributed by atoms with van der Waals surface area (Å²) in [5.41, 5.74) is 0.549. The Morgan fingerprint density at radius 3 is 2.39 bits per heavy atom. The molecule has 7 heteroatoms. The number of methoxy groups -OCH3 is 1. The first-order valence-electron chi connectivity index (χ1n) is 10.4. The third-order valence-electron chi connectivity index (χ3n) is 5.41. The Morgan fingerprint density at radius 1 is 1.00 bits per heavy atom. The summed E-state index contributed by atoms with van der Waals surface area (Å²) in [6, 6.07) is 17.7. The van der Waals surface area contributed by atoms with Gasteiger partial charge in [0, 0.05) is 16.8 Å². The summed E-state index contributed by atoms with van der Waals surface area (Å²) in [5.74, 6) is -1.72. The lowest BCUT2D eigenvalue weighted by Crippen LogP contribution is -2.29. The summed E-state index contributed by atoms with van der Waals surface area (Å²) in [6.07, 6.45) is 0. The maximum atomic E-state index is 14.9. The van der Waals surface area contributed by atoms with Crippen molar-refractivity contribution in [2.45, 2.75) is 13.0 Å². The minimum Gasteiger partial charge on any atom is -0.507 e. The van der Waals surface area contributed by atoms with E-state index < -0.39 is 29.3 Å². The quantitative estimate of drug-likeness (QED) is 0.332. The predicted molar refractivity (Wildman–Crippen MR) is 122 cm³/mol. The van der Waals surface area contributed by atoms with Crippen LogP contribution in [-0.4, -0.2) is 30.5 Å². The molecule has 168 valence electrons. The fourth-order valence-electron chi connectivity index (χ4n) is 3.89. The van der Waals surface area contributed by atoms with Crippen molar-refractivity contribution in [3.63, 3.8) is 0 Å². The van der Waals surface area contributed by atoms with Gasteiger partial charge in [0.05, 0.1) is 25.3 Å². The molecule has 1 heterocycles. The molecular formula is C26H22FNO5. The average molecular weight is 447 g/mol. The molecule has 0 saturated carbocycles. The highest BCUT2D eigenvalue weighted by Crippen LogP contribution is 2.43. The Morgan fingerprint density at radius 2 is 1.73 bits per heavy atom. The van der Waals surface area contributed by atoms with Crippen LogP contribution in [0.3, 0.4) is 0 Å². The first kappa shape index (κ1) is 22.1. The Hall–Kier alpha value is -4.13. The molecule has 0 radical (unpaired) electrons. The summed E-state index contributed by atoms with van der Waals surface area (Å²) in [5, 5.41) is 11.2. The Bertz CT molecular complexity index is 1240. The van der Waals surface area contributed by atoms with Crippen LogP contribution in [0.15, 0.2) is 78.4 Å². The van der Waals surface area contributed by atoms with Gasteiger partial charge in [0.1, 0.15) is 23.1 Å². The number of carbonyl (C=O) groups is 2. The van der Waals surface area contributed by atoms with E-state index in [1.54, 1.807) is 54.6 Å². The van der Waals surface area contributed by atoms with Crippen molar-refractivity contribution in [2.75, 3.05) is 18.6 Å². The molecule has 3 aromatic carbocycles. The lowest BCUT2D eigenvalue weighted by Gasteiger charge is -2.26. The number of nitrogens with zero attached hydrogens (tertiary/aromatic N) is 1. The third-order valence-corrected chi connectivity index (χ3v) is 5.41. The van der Waals surface area contributed by atoms with Gasteiger partial charge >= 0.3 is 0 Å². The number of rotatable bonds is 6. The van der Waals surface area contributed by atoms with Crippen LogP contribution in [0.4, 0.5) is 10.1 Å². The smallest absolute Gasteiger partial charge is 0.300 e. The number of aliphatic hydroxyl groups excluding tert-OH is 1. The molecule has 1 aliphatic heterocycles. The van der Waals surface area contributed by atoms with Gasteiger partial charge in [0.25, 0.3) is 11.7 Å². The van der Waals surface area contributed by atoms with E-state index in [4.69, 9.17) is 9.47 Å². The van der Waals surface area contributed by atoms with Crippen molar-refractivity contribution in [1.29, 1.82) is 0 Å². The maximum Gasteiger partial charge on any atom is 0.300 e. The number of ether oxygens (including phenoxy) is 2. The van der Waals surface area contributed by atoms with Crippen molar-refractivity contribution in [3.05, 3.63) is 95.3 Å². The van der Waals surface area contributed by atoms with Crippen LogP contribution in [0, 0.1) is 5.82 Å². The Kier molecular flexibility index (Phi) is 6.13. The highest BCUT2D eigenvalue weighted by atomic mass is 19.1. The molecule has 33 heavy (non-hydrogen) atoms. The topological polar surface area (TPSA) is 76.1 Å². The molecule has 1 amide bonds. The van der Waals surface area contributed by atoms with Gasteiger partial charge < -0.3 is 14.6 Å². The van der Waals surface area contributed by atoms with Crippen molar-refractivity contribution in [2.24, 2.45) is 0 Å². The van der Waals surface area contributed by atoms with Gasteiger partial charge in [0.2, 0.25) is 0 Å². The molecule has 0 aliphatic carbocycles. The Balaban J connectivity index is 1.92. The molecule has 3 aromatic rings. The van der Waals surface area contributed by atoms with Gasteiger partial charge in [-0.1, -0.05) is 30.3 Å². The molecule has 1 fully saturated rings. The van der Waals surface area contributed by atoms with E-state index in [-0.39, 0.29) is 16.7 Å². The number of carbonyl (C=O) groups excluding carboxylic acids is 2. The van der Waals surface area contributed by atoms with Crippen LogP contribution < -0.4 is 14.4 Å². The van der Waals surface area contributed by atoms with Crippen molar-refractivity contribution < 1.29 is 28.6 Å². The van der Waals surface area contributed by atoms with E-state index in [0.717, 1.165) is 0 Å². The monoisotopic (exact) mass is 447 g/mol. The van der Waals surface area contributed by atoms with Crippen molar-refractivity contribution in [1.82, 2.24) is 0 Å². The minimum atomic E-state index is -1.16. The summed E-state index contributed by atoms with van der Waals surface area (Å²) in [7, 11) is 1.51. The number of Topliss-reactive ketones (excluding diaryl/α,β-unsaturated/α-hetero) is 1. The van der Waals surface area contributed by atoms with Crippen LogP contribution in [-0.2, 0) is 9.59 Å². The zero-order valence-electron chi connectivity index (χ0n) is 18.1. The number of hydrogen-bond donors (Lipinski definition) is 1. The summed E-state index contributed by atoms with van der Waals surface area (Å²) < 4.78 is 25.6. The highest BCUT2D eigenvalue weighted by molar-refractivity contribution is 6.51. The molecule has 1 atom stereocenters. The van der Waals surface area contributed by atoms with Crippen LogP contribution in [0.25, 0.3) is 5.76 Å². The molecule has 6 nitrogen and oxygen atoms in total. The molecular weight excluding hydrogens is 425 g/mol. The molecule has 0 aromatic heterocycles.